The molecule has 1 aliphatic rings. The van der Waals surface area contributed by atoms with Crippen molar-refractivity contribution in [3.63, 3.8) is 0 Å². The number of amides is 1. The minimum Gasteiger partial charge on any atom is -0.493 e. The maximum absolute atomic E-state index is 12.3. The Bertz CT molecular complexity index is 1060. The number of rotatable bonds is 11. The molecule has 1 aliphatic heterocycles. The van der Waals surface area contributed by atoms with Crippen LogP contribution in [0.15, 0.2) is 47.6 Å². The SMILES string of the molecule is Cc1cccc(OCCc2ccc(C(=O)O)cc2)c1C1=NOC(C(=O)NCCC[Si](O)(O)O)S1. The highest BCUT2D eigenvalue weighted by Crippen LogP contribution is 2.33. The van der Waals surface area contributed by atoms with E-state index >= 15 is 0 Å². The fourth-order valence-corrected chi connectivity index (χ4v) is 4.79. The number of ether oxygens (including phenoxy) is 1. The number of aromatic carboxylic acids is 1. The Morgan fingerprint density at radius 3 is 2.59 bits per heavy atom. The van der Waals surface area contributed by atoms with Crippen molar-refractivity contribution >= 4 is 37.5 Å². The molecular formula is C22H26N2O8SSi. The first-order valence-electron chi connectivity index (χ1n) is 10.5. The van der Waals surface area contributed by atoms with Gasteiger partial charge in [-0.25, -0.2) is 4.79 Å². The number of aryl methyl sites for hydroxylation is 1. The van der Waals surface area contributed by atoms with Crippen LogP contribution in [0.5, 0.6) is 5.75 Å². The quantitative estimate of drug-likeness (QED) is 0.225. The smallest absolute Gasteiger partial charge is 0.492 e. The largest absolute Gasteiger partial charge is 0.493 e. The molecule has 1 amide bonds. The van der Waals surface area contributed by atoms with Gasteiger partial charge in [-0.3, -0.25) is 4.79 Å². The van der Waals surface area contributed by atoms with Crippen molar-refractivity contribution in [2.24, 2.45) is 5.16 Å². The molecule has 0 bridgehead atoms. The summed E-state index contributed by atoms with van der Waals surface area (Å²) in [6.45, 7) is 2.42. The normalized spacial score (nSPS) is 15.4. The number of hydrogen-bond donors (Lipinski definition) is 5. The predicted molar refractivity (Wildman–Crippen MR) is 128 cm³/mol. The summed E-state index contributed by atoms with van der Waals surface area (Å²) in [7, 11) is -4.12. The predicted octanol–water partition coefficient (Wildman–Crippen LogP) is 1.49. The number of nitrogens with one attached hydrogen (secondary N) is 1. The van der Waals surface area contributed by atoms with E-state index in [1.165, 1.54) is 0 Å². The Balaban J connectivity index is 1.56. The van der Waals surface area contributed by atoms with Crippen LogP contribution in [0.1, 0.15) is 33.5 Å². The summed E-state index contributed by atoms with van der Waals surface area (Å²) in [6.07, 6.45) is 0.801. The van der Waals surface area contributed by atoms with E-state index in [0.29, 0.717) is 23.8 Å². The molecule has 0 saturated heterocycles. The second-order valence-electron chi connectivity index (χ2n) is 7.67. The number of nitrogens with zero attached hydrogens (tertiary/aromatic N) is 1. The average Bonchev–Trinajstić information content (AvgIpc) is 3.26. The number of carboxylic acids is 1. The van der Waals surface area contributed by atoms with Gasteiger partial charge < -0.3 is 34.4 Å². The van der Waals surface area contributed by atoms with E-state index in [-0.39, 0.29) is 24.6 Å². The average molecular weight is 507 g/mol. The summed E-state index contributed by atoms with van der Waals surface area (Å²) in [5.74, 6) is -0.792. The molecule has 12 heteroatoms. The first kappa shape index (κ1) is 25.7. The number of benzene rings is 2. The van der Waals surface area contributed by atoms with Crippen LogP contribution in [0.4, 0.5) is 0 Å². The molecule has 2 aromatic rings. The minimum absolute atomic E-state index is 0.164. The topological polar surface area (TPSA) is 158 Å². The number of oxime groups is 1. The van der Waals surface area contributed by atoms with Crippen LogP contribution in [-0.4, -0.2) is 63.8 Å². The van der Waals surface area contributed by atoms with Crippen LogP contribution in [0.25, 0.3) is 0 Å². The van der Waals surface area contributed by atoms with Gasteiger partial charge in [-0.2, -0.15) is 0 Å². The van der Waals surface area contributed by atoms with E-state index in [0.717, 1.165) is 28.5 Å². The molecule has 5 N–H and O–H groups in total. The maximum atomic E-state index is 12.3. The molecule has 0 saturated carbocycles. The lowest BCUT2D eigenvalue weighted by atomic mass is 10.1. The Hall–Kier alpha value is -2.90. The number of hydrogen-bond acceptors (Lipinski definition) is 9. The summed E-state index contributed by atoms with van der Waals surface area (Å²) in [5.41, 5.74) is 1.89. The van der Waals surface area contributed by atoms with Crippen molar-refractivity contribution in [2.75, 3.05) is 13.2 Å². The molecule has 3 rings (SSSR count). The summed E-state index contributed by atoms with van der Waals surface area (Å²) in [6, 6.07) is 12.0. The maximum Gasteiger partial charge on any atom is 0.492 e. The van der Waals surface area contributed by atoms with Crippen LogP contribution >= 0.6 is 11.8 Å². The van der Waals surface area contributed by atoms with E-state index < -0.39 is 26.1 Å². The first-order chi connectivity index (χ1) is 16.1. The van der Waals surface area contributed by atoms with Gasteiger partial charge in [0, 0.05) is 19.0 Å². The molecule has 10 nitrogen and oxygen atoms in total. The van der Waals surface area contributed by atoms with Crippen molar-refractivity contribution in [3.05, 3.63) is 64.7 Å². The number of carbonyl (C=O) groups excluding carboxylic acids is 1. The highest BCUT2D eigenvalue weighted by atomic mass is 32.2. The van der Waals surface area contributed by atoms with Gasteiger partial charge in [-0.05, 0) is 54.4 Å². The van der Waals surface area contributed by atoms with Gasteiger partial charge in [-0.1, -0.05) is 29.4 Å². The molecular weight excluding hydrogens is 480 g/mol. The number of carbonyl (C=O) groups is 2. The van der Waals surface area contributed by atoms with Crippen molar-refractivity contribution in [2.45, 2.75) is 31.2 Å². The van der Waals surface area contributed by atoms with Crippen LogP contribution in [0.3, 0.4) is 0 Å². The van der Waals surface area contributed by atoms with Gasteiger partial charge in [-0.15, -0.1) is 0 Å². The van der Waals surface area contributed by atoms with Gasteiger partial charge in [0.25, 0.3) is 11.3 Å². The number of carboxylic acid groups (broad SMARTS) is 1. The standard InChI is InChI=1S/C22H26N2O8SSi/c1-14-4-2-5-17(31-12-10-15-6-8-16(9-7-15)21(26)27)18(14)20-24-32-22(33-20)19(25)23-11-3-13-34(28,29)30/h2,4-9,22,28-30H,3,10-13H2,1H3,(H,23,25)(H,26,27). The van der Waals surface area contributed by atoms with Crippen LogP contribution in [-0.2, 0) is 16.1 Å². The highest BCUT2D eigenvalue weighted by Gasteiger charge is 2.32. The van der Waals surface area contributed by atoms with Crippen molar-refractivity contribution in [3.8, 4) is 5.75 Å². The van der Waals surface area contributed by atoms with E-state index in [2.05, 4.69) is 10.5 Å². The van der Waals surface area contributed by atoms with E-state index in [9.17, 15) is 9.59 Å². The van der Waals surface area contributed by atoms with Crippen LogP contribution < -0.4 is 10.1 Å². The molecule has 1 atom stereocenters. The third-order valence-electron chi connectivity index (χ3n) is 4.95. The van der Waals surface area contributed by atoms with Gasteiger partial charge in [0.1, 0.15) is 5.75 Å². The molecule has 1 unspecified atom stereocenters. The monoisotopic (exact) mass is 506 g/mol. The zero-order valence-electron chi connectivity index (χ0n) is 18.4. The molecule has 0 radical (unpaired) electrons. The fourth-order valence-electron chi connectivity index (χ4n) is 3.19. The van der Waals surface area contributed by atoms with Crippen LogP contribution in [0.2, 0.25) is 6.04 Å². The molecule has 2 aromatic carbocycles. The molecule has 0 aliphatic carbocycles. The third kappa shape index (κ3) is 7.30. The lowest BCUT2D eigenvalue weighted by molar-refractivity contribution is -0.127. The first-order valence-corrected chi connectivity index (χ1v) is 13.5. The minimum atomic E-state index is -4.12. The zero-order valence-corrected chi connectivity index (χ0v) is 20.2. The van der Waals surface area contributed by atoms with Crippen molar-refractivity contribution in [1.29, 1.82) is 0 Å². The van der Waals surface area contributed by atoms with Gasteiger partial charge in [0.05, 0.1) is 17.7 Å². The lowest BCUT2D eigenvalue weighted by Crippen LogP contribution is -2.37. The third-order valence-corrected chi connectivity index (χ3v) is 6.99. The Labute approximate surface area is 201 Å². The van der Waals surface area contributed by atoms with E-state index in [4.69, 9.17) is 29.1 Å². The number of thioether (sulfide) groups is 1. The van der Waals surface area contributed by atoms with Gasteiger partial charge in [0.2, 0.25) is 0 Å². The highest BCUT2D eigenvalue weighted by molar-refractivity contribution is 8.15. The lowest BCUT2D eigenvalue weighted by Gasteiger charge is -2.13. The summed E-state index contributed by atoms with van der Waals surface area (Å²) < 4.78 is 5.99. The zero-order chi connectivity index (χ0) is 24.7. The van der Waals surface area contributed by atoms with E-state index in [1.807, 2.05) is 19.1 Å². The van der Waals surface area contributed by atoms with Crippen molar-refractivity contribution in [1.82, 2.24) is 5.32 Å². The van der Waals surface area contributed by atoms with Gasteiger partial charge >= 0.3 is 14.8 Å². The molecule has 1 heterocycles. The second kappa shape index (κ2) is 11.5. The Morgan fingerprint density at radius 2 is 1.91 bits per heavy atom. The van der Waals surface area contributed by atoms with Gasteiger partial charge in [0.15, 0.2) is 5.04 Å². The van der Waals surface area contributed by atoms with Crippen molar-refractivity contribution < 1.29 is 38.7 Å². The Morgan fingerprint density at radius 1 is 1.18 bits per heavy atom. The second-order valence-corrected chi connectivity index (χ2v) is 10.8. The molecule has 34 heavy (non-hydrogen) atoms. The molecule has 182 valence electrons. The summed E-state index contributed by atoms with van der Waals surface area (Å²) in [4.78, 5) is 55.7. The van der Waals surface area contributed by atoms with Crippen LogP contribution in [0, 0.1) is 6.92 Å². The Kier molecular flexibility index (Phi) is 8.69. The molecule has 0 fully saturated rings. The summed E-state index contributed by atoms with van der Waals surface area (Å²) >= 11 is 1.14. The molecule has 0 aromatic heterocycles. The molecule has 0 spiro atoms. The summed E-state index contributed by atoms with van der Waals surface area (Å²) in [5, 5.41) is 16.2. The van der Waals surface area contributed by atoms with E-state index in [1.54, 1.807) is 30.3 Å². The fraction of sp³-hybridized carbons (Fsp3) is 0.318.